The fraction of sp³-hybridized carbons (Fsp3) is 0.304. The standard InChI is InChI=1S/C23H24N4O2/c1-14-5-7-19-16(10-14)11-18(23(28)25-19)21-22(24-12-17-4-3-9-29-17)27-13-15(2)6-8-20(27)26-21/h5-8,10-11,13,17,24H,3-4,9,12H2,1-2H3,(H,25,28)/t17-/m0/s1. The normalized spacial score (nSPS) is 16.7. The lowest BCUT2D eigenvalue weighted by Crippen LogP contribution is -2.20. The van der Waals surface area contributed by atoms with E-state index in [1.165, 1.54) is 0 Å². The number of aromatic nitrogens is 3. The summed E-state index contributed by atoms with van der Waals surface area (Å²) in [5.41, 5.74) is 5.02. The molecule has 0 aliphatic carbocycles. The van der Waals surface area contributed by atoms with Gasteiger partial charge in [-0.15, -0.1) is 0 Å². The second-order valence-corrected chi connectivity index (χ2v) is 7.86. The zero-order valence-corrected chi connectivity index (χ0v) is 16.7. The fourth-order valence-corrected chi connectivity index (χ4v) is 4.03. The molecule has 0 saturated carbocycles. The highest BCUT2D eigenvalue weighted by molar-refractivity contribution is 5.86. The molecule has 0 unspecified atom stereocenters. The SMILES string of the molecule is Cc1ccc2[nH]c(=O)c(-c3nc4ccc(C)cn4c3NC[C@@H]3CCCO3)cc2c1. The van der Waals surface area contributed by atoms with Crippen LogP contribution in [0.25, 0.3) is 27.8 Å². The fourth-order valence-electron chi connectivity index (χ4n) is 4.03. The largest absolute Gasteiger partial charge is 0.376 e. The van der Waals surface area contributed by atoms with Crippen molar-refractivity contribution in [2.75, 3.05) is 18.5 Å². The summed E-state index contributed by atoms with van der Waals surface area (Å²) in [6.07, 6.45) is 4.38. The predicted molar refractivity (Wildman–Crippen MR) is 116 cm³/mol. The van der Waals surface area contributed by atoms with Crippen LogP contribution in [0.2, 0.25) is 0 Å². The van der Waals surface area contributed by atoms with Crippen molar-refractivity contribution in [3.05, 3.63) is 64.1 Å². The van der Waals surface area contributed by atoms with Crippen LogP contribution in [0.5, 0.6) is 0 Å². The summed E-state index contributed by atoms with van der Waals surface area (Å²) in [4.78, 5) is 20.7. The van der Waals surface area contributed by atoms with E-state index < -0.39 is 0 Å². The number of ether oxygens (including phenoxy) is 1. The highest BCUT2D eigenvalue weighted by Gasteiger charge is 2.20. The molecule has 1 fully saturated rings. The van der Waals surface area contributed by atoms with E-state index in [0.29, 0.717) is 17.8 Å². The van der Waals surface area contributed by atoms with E-state index in [4.69, 9.17) is 9.72 Å². The van der Waals surface area contributed by atoms with Crippen molar-refractivity contribution in [1.82, 2.24) is 14.4 Å². The van der Waals surface area contributed by atoms with Gasteiger partial charge in [0, 0.05) is 24.9 Å². The van der Waals surface area contributed by atoms with E-state index in [2.05, 4.69) is 23.3 Å². The van der Waals surface area contributed by atoms with Crippen LogP contribution in [0.4, 0.5) is 5.82 Å². The smallest absolute Gasteiger partial charge is 0.258 e. The average molecular weight is 388 g/mol. The highest BCUT2D eigenvalue weighted by atomic mass is 16.5. The van der Waals surface area contributed by atoms with Gasteiger partial charge >= 0.3 is 0 Å². The van der Waals surface area contributed by atoms with Gasteiger partial charge in [0.15, 0.2) is 0 Å². The molecule has 0 radical (unpaired) electrons. The third kappa shape index (κ3) is 3.29. The summed E-state index contributed by atoms with van der Waals surface area (Å²) in [6, 6.07) is 12.0. The Morgan fingerprint density at radius 3 is 2.90 bits per heavy atom. The average Bonchev–Trinajstić information content (AvgIpc) is 3.33. The summed E-state index contributed by atoms with van der Waals surface area (Å²) in [5.74, 6) is 0.830. The van der Waals surface area contributed by atoms with E-state index in [0.717, 1.165) is 52.9 Å². The topological polar surface area (TPSA) is 71.4 Å². The molecule has 5 rings (SSSR count). The van der Waals surface area contributed by atoms with Crippen LogP contribution >= 0.6 is 0 Å². The quantitative estimate of drug-likeness (QED) is 0.553. The molecule has 148 valence electrons. The summed E-state index contributed by atoms with van der Waals surface area (Å²) in [7, 11) is 0. The minimum Gasteiger partial charge on any atom is -0.376 e. The predicted octanol–water partition coefficient (Wildman–Crippen LogP) is 4.05. The van der Waals surface area contributed by atoms with E-state index in [-0.39, 0.29) is 11.7 Å². The van der Waals surface area contributed by atoms with Gasteiger partial charge in [-0.3, -0.25) is 9.20 Å². The van der Waals surface area contributed by atoms with Crippen molar-refractivity contribution in [2.45, 2.75) is 32.8 Å². The van der Waals surface area contributed by atoms with Crippen molar-refractivity contribution < 1.29 is 4.74 Å². The number of hydrogen-bond donors (Lipinski definition) is 2. The molecule has 4 heterocycles. The van der Waals surface area contributed by atoms with Crippen molar-refractivity contribution in [3.63, 3.8) is 0 Å². The Morgan fingerprint density at radius 2 is 2.07 bits per heavy atom. The zero-order valence-electron chi connectivity index (χ0n) is 16.7. The number of imidazole rings is 1. The number of aromatic amines is 1. The Balaban J connectivity index is 1.67. The number of fused-ring (bicyclic) bond motifs is 2. The minimum atomic E-state index is -0.137. The van der Waals surface area contributed by atoms with Gasteiger partial charge in [0.1, 0.15) is 17.2 Å². The van der Waals surface area contributed by atoms with Crippen LogP contribution in [0.1, 0.15) is 24.0 Å². The third-order valence-corrected chi connectivity index (χ3v) is 5.54. The van der Waals surface area contributed by atoms with Crippen LogP contribution in [-0.2, 0) is 4.74 Å². The van der Waals surface area contributed by atoms with Gasteiger partial charge in [-0.1, -0.05) is 17.7 Å². The molecular formula is C23H24N4O2. The number of H-pyrrole nitrogens is 1. The van der Waals surface area contributed by atoms with Crippen LogP contribution in [-0.4, -0.2) is 33.6 Å². The minimum absolute atomic E-state index is 0.137. The molecule has 3 aromatic heterocycles. The number of pyridine rings is 2. The molecule has 6 heteroatoms. The van der Waals surface area contributed by atoms with Crippen molar-refractivity contribution in [2.24, 2.45) is 0 Å². The molecule has 2 N–H and O–H groups in total. The second-order valence-electron chi connectivity index (χ2n) is 7.86. The van der Waals surface area contributed by atoms with Gasteiger partial charge in [0.25, 0.3) is 5.56 Å². The van der Waals surface area contributed by atoms with Gasteiger partial charge in [-0.05, 0) is 61.9 Å². The lowest BCUT2D eigenvalue weighted by Gasteiger charge is -2.13. The molecule has 1 aliphatic heterocycles. The van der Waals surface area contributed by atoms with Crippen LogP contribution < -0.4 is 10.9 Å². The van der Waals surface area contributed by atoms with Crippen molar-refractivity contribution in [3.8, 4) is 11.3 Å². The number of benzene rings is 1. The lowest BCUT2D eigenvalue weighted by atomic mass is 10.1. The molecule has 4 aromatic rings. The Bertz CT molecular complexity index is 1270. The molecule has 1 aliphatic rings. The number of rotatable bonds is 4. The first-order valence-corrected chi connectivity index (χ1v) is 10.1. The Labute approximate surface area is 168 Å². The monoisotopic (exact) mass is 388 g/mol. The zero-order chi connectivity index (χ0) is 20.0. The molecular weight excluding hydrogens is 364 g/mol. The number of aryl methyl sites for hydroxylation is 2. The van der Waals surface area contributed by atoms with Gasteiger partial charge in [0.2, 0.25) is 0 Å². The molecule has 6 nitrogen and oxygen atoms in total. The van der Waals surface area contributed by atoms with E-state index >= 15 is 0 Å². The summed E-state index contributed by atoms with van der Waals surface area (Å²) in [6.45, 7) is 5.61. The molecule has 29 heavy (non-hydrogen) atoms. The maximum atomic E-state index is 12.9. The van der Waals surface area contributed by atoms with Gasteiger partial charge in [-0.2, -0.15) is 0 Å². The Hall–Kier alpha value is -3.12. The van der Waals surface area contributed by atoms with E-state index in [1.54, 1.807) is 0 Å². The molecule has 1 saturated heterocycles. The van der Waals surface area contributed by atoms with Gasteiger partial charge in [-0.25, -0.2) is 4.98 Å². The van der Waals surface area contributed by atoms with E-state index in [9.17, 15) is 4.79 Å². The van der Waals surface area contributed by atoms with Crippen LogP contribution in [0.15, 0.2) is 47.4 Å². The second kappa shape index (κ2) is 7.04. The Kier molecular flexibility index (Phi) is 4.36. The maximum Gasteiger partial charge on any atom is 0.258 e. The molecule has 0 bridgehead atoms. The summed E-state index contributed by atoms with van der Waals surface area (Å²) < 4.78 is 7.79. The van der Waals surface area contributed by atoms with Crippen molar-refractivity contribution in [1.29, 1.82) is 0 Å². The third-order valence-electron chi connectivity index (χ3n) is 5.54. The lowest BCUT2D eigenvalue weighted by molar-refractivity contribution is 0.120. The molecule has 1 atom stereocenters. The van der Waals surface area contributed by atoms with Gasteiger partial charge in [0.05, 0.1) is 11.7 Å². The van der Waals surface area contributed by atoms with Crippen LogP contribution in [0, 0.1) is 13.8 Å². The first-order chi connectivity index (χ1) is 14.1. The molecule has 0 amide bonds. The maximum absolute atomic E-state index is 12.9. The van der Waals surface area contributed by atoms with Gasteiger partial charge < -0.3 is 15.0 Å². The number of nitrogens with one attached hydrogen (secondary N) is 2. The molecule has 1 aromatic carbocycles. The molecule has 0 spiro atoms. The van der Waals surface area contributed by atoms with Crippen LogP contribution in [0.3, 0.4) is 0 Å². The first kappa shape index (κ1) is 17.9. The van der Waals surface area contributed by atoms with Crippen molar-refractivity contribution >= 4 is 22.4 Å². The number of anilines is 1. The number of nitrogens with zero attached hydrogens (tertiary/aromatic N) is 2. The first-order valence-electron chi connectivity index (χ1n) is 10.1. The Morgan fingerprint density at radius 1 is 1.21 bits per heavy atom. The number of hydrogen-bond acceptors (Lipinski definition) is 4. The summed E-state index contributed by atoms with van der Waals surface area (Å²) >= 11 is 0. The summed E-state index contributed by atoms with van der Waals surface area (Å²) in [5, 5.41) is 4.51. The van der Waals surface area contributed by atoms with E-state index in [1.807, 2.05) is 47.9 Å². The highest BCUT2D eigenvalue weighted by Crippen LogP contribution is 2.29.